The molecule has 1 atom stereocenters. The average Bonchev–Trinajstić information content (AvgIpc) is 3.45. The Bertz CT molecular complexity index is 1060. The smallest absolute Gasteiger partial charge is 0.162 e. The van der Waals surface area contributed by atoms with Gasteiger partial charge in [-0.15, -0.1) is 9.89 Å². The lowest BCUT2D eigenvalue weighted by atomic mass is 10.00. The molecule has 0 bridgehead atoms. The van der Waals surface area contributed by atoms with Crippen molar-refractivity contribution in [1.29, 1.82) is 0 Å². The Labute approximate surface area is 155 Å². The Morgan fingerprint density at radius 3 is 3.04 bits per heavy atom. The van der Waals surface area contributed by atoms with Gasteiger partial charge in [-0.1, -0.05) is 12.1 Å². The van der Waals surface area contributed by atoms with E-state index in [1.54, 1.807) is 4.79 Å². The van der Waals surface area contributed by atoms with Gasteiger partial charge >= 0.3 is 0 Å². The number of aliphatic imine (C=N–C) groups is 1. The number of hydrogen-bond donors (Lipinski definition) is 0. The minimum Gasteiger partial charge on any atom is -0.369 e. The van der Waals surface area contributed by atoms with Gasteiger partial charge in [-0.05, 0) is 37.1 Å². The first-order valence-electron chi connectivity index (χ1n) is 9.06. The number of imidazole rings is 1. The number of para-hydroxylation sites is 1. The first-order chi connectivity index (χ1) is 13.2. The van der Waals surface area contributed by atoms with E-state index in [1.165, 1.54) is 0 Å². The number of ether oxygens (including phenoxy) is 1. The van der Waals surface area contributed by atoms with Crippen LogP contribution in [0.15, 0.2) is 48.0 Å². The third-order valence-electron chi connectivity index (χ3n) is 5.50. The van der Waals surface area contributed by atoms with Crippen LogP contribution in [0.3, 0.4) is 0 Å². The second-order valence-electron chi connectivity index (χ2n) is 7.15. The van der Waals surface area contributed by atoms with E-state index in [9.17, 15) is 0 Å². The monoisotopic (exact) mass is 362 g/mol. The molecule has 0 N–H and O–H groups in total. The maximum absolute atomic E-state index is 5.91. The third-order valence-corrected chi connectivity index (χ3v) is 5.50. The Kier molecular flexibility index (Phi) is 2.85. The second kappa shape index (κ2) is 5.17. The van der Waals surface area contributed by atoms with Crippen LogP contribution in [0.2, 0.25) is 0 Å². The van der Waals surface area contributed by atoms with Crippen LogP contribution in [0.25, 0.3) is 5.69 Å². The van der Waals surface area contributed by atoms with E-state index in [1.807, 2.05) is 41.0 Å². The van der Waals surface area contributed by atoms with Crippen LogP contribution in [0.5, 0.6) is 0 Å². The van der Waals surface area contributed by atoms with Gasteiger partial charge in [0, 0.05) is 12.2 Å². The lowest BCUT2D eigenvalue weighted by molar-refractivity contribution is 0.0131. The molecule has 3 aliphatic heterocycles. The van der Waals surface area contributed by atoms with E-state index in [0.717, 1.165) is 48.0 Å². The average molecular weight is 362 g/mol. The number of anilines is 1. The van der Waals surface area contributed by atoms with Crippen molar-refractivity contribution in [3.63, 3.8) is 0 Å². The second-order valence-corrected chi connectivity index (χ2v) is 7.15. The van der Waals surface area contributed by atoms with Gasteiger partial charge in [-0.3, -0.25) is 4.57 Å². The number of fused-ring (bicyclic) bond motifs is 6. The van der Waals surface area contributed by atoms with Gasteiger partial charge in [-0.25, -0.2) is 9.98 Å². The molecule has 5 heterocycles. The van der Waals surface area contributed by atoms with Crippen LogP contribution in [0.1, 0.15) is 31.0 Å². The first-order valence-corrected chi connectivity index (χ1v) is 9.06. The summed E-state index contributed by atoms with van der Waals surface area (Å²) in [7, 11) is 0. The largest absolute Gasteiger partial charge is 0.369 e. The van der Waals surface area contributed by atoms with Gasteiger partial charge in [0.15, 0.2) is 18.3 Å². The fraction of sp³-hybridized carbons (Fsp3) is 0.333. The molecule has 0 spiro atoms. The molecule has 0 aliphatic carbocycles. The molecule has 1 unspecified atom stereocenters. The van der Waals surface area contributed by atoms with E-state index in [0.29, 0.717) is 6.67 Å². The number of hydrazine groups is 1. The summed E-state index contributed by atoms with van der Waals surface area (Å²) in [6.07, 6.45) is 7.59. The molecule has 0 radical (unpaired) electrons. The van der Waals surface area contributed by atoms with Crippen molar-refractivity contribution in [3.8, 4) is 5.69 Å². The molecule has 9 heteroatoms. The highest BCUT2D eigenvalue weighted by molar-refractivity contribution is 6.15. The molecule has 3 aliphatic rings. The summed E-state index contributed by atoms with van der Waals surface area (Å²) >= 11 is 0. The molecule has 0 saturated carbocycles. The summed E-state index contributed by atoms with van der Waals surface area (Å²) in [4.78, 5) is 10.9. The van der Waals surface area contributed by atoms with Crippen molar-refractivity contribution in [1.82, 2.24) is 24.7 Å². The molecule has 9 nitrogen and oxygen atoms in total. The van der Waals surface area contributed by atoms with Crippen LogP contribution in [0, 0.1) is 0 Å². The molecule has 3 aromatic rings. The molecule has 0 amide bonds. The van der Waals surface area contributed by atoms with Crippen molar-refractivity contribution in [3.05, 3.63) is 54.2 Å². The molecule has 27 heavy (non-hydrogen) atoms. The maximum atomic E-state index is 5.91. The van der Waals surface area contributed by atoms with Gasteiger partial charge in [0.25, 0.3) is 0 Å². The van der Waals surface area contributed by atoms with Gasteiger partial charge in [-0.2, -0.15) is 10.1 Å². The summed E-state index contributed by atoms with van der Waals surface area (Å²) < 4.78 is 7.97. The molecule has 1 aromatic carbocycles. The summed E-state index contributed by atoms with van der Waals surface area (Å²) in [5.41, 5.74) is 2.63. The number of nitrogens with zero attached hydrogens (tertiary/aromatic N) is 8. The Balaban J connectivity index is 1.42. The highest BCUT2D eigenvalue weighted by atomic mass is 16.5. The zero-order valence-corrected chi connectivity index (χ0v) is 14.9. The van der Waals surface area contributed by atoms with E-state index < -0.39 is 0 Å². The quantitative estimate of drug-likeness (QED) is 0.689. The van der Waals surface area contributed by atoms with Crippen molar-refractivity contribution >= 4 is 11.7 Å². The lowest BCUT2D eigenvalue weighted by Gasteiger charge is -2.34. The van der Waals surface area contributed by atoms with Gasteiger partial charge < -0.3 is 4.74 Å². The van der Waals surface area contributed by atoms with Crippen molar-refractivity contribution in [2.24, 2.45) is 4.99 Å². The third kappa shape index (κ3) is 1.97. The minimum atomic E-state index is -0.363. The van der Waals surface area contributed by atoms with E-state index in [2.05, 4.69) is 38.9 Å². The van der Waals surface area contributed by atoms with Crippen LogP contribution in [0.4, 0.5) is 5.82 Å². The standard InChI is InChI=1S/C18H18N8O/c1-18(7-4-8-27-18)15-10-24(22-21-15)25-12-20-17-13-5-2-3-6-14(13)23-11-19-9-16(23)26(17)25/h2-3,5-6,9-11H,4,7-8,12H2,1H3. The van der Waals surface area contributed by atoms with Gasteiger partial charge in [0.1, 0.15) is 17.6 Å². The molecule has 2 aromatic heterocycles. The Hall–Kier alpha value is -3.20. The maximum Gasteiger partial charge on any atom is 0.162 e. The summed E-state index contributed by atoms with van der Waals surface area (Å²) in [5, 5.41) is 12.7. The van der Waals surface area contributed by atoms with Crippen LogP contribution in [-0.4, -0.2) is 43.8 Å². The van der Waals surface area contributed by atoms with E-state index >= 15 is 0 Å². The molecule has 6 rings (SSSR count). The molecule has 136 valence electrons. The van der Waals surface area contributed by atoms with Crippen LogP contribution < -0.4 is 10.1 Å². The van der Waals surface area contributed by atoms with Crippen molar-refractivity contribution in [2.75, 3.05) is 23.4 Å². The highest BCUT2D eigenvalue weighted by Crippen LogP contribution is 2.36. The normalized spacial score (nSPS) is 23.2. The number of benzene rings is 1. The van der Waals surface area contributed by atoms with E-state index in [-0.39, 0.29) is 5.60 Å². The predicted molar refractivity (Wildman–Crippen MR) is 98.2 cm³/mol. The predicted octanol–water partition coefficient (Wildman–Crippen LogP) is 1.58. The highest BCUT2D eigenvalue weighted by Gasteiger charge is 2.39. The fourth-order valence-corrected chi connectivity index (χ4v) is 4.05. The van der Waals surface area contributed by atoms with Gasteiger partial charge in [0.05, 0.1) is 18.1 Å². The topological polar surface area (TPSA) is 76.6 Å². The number of aromatic nitrogens is 5. The Morgan fingerprint density at radius 1 is 1.22 bits per heavy atom. The van der Waals surface area contributed by atoms with Crippen LogP contribution in [-0.2, 0) is 10.3 Å². The number of amidine groups is 1. The first kappa shape index (κ1) is 14.9. The minimum absolute atomic E-state index is 0.363. The van der Waals surface area contributed by atoms with Crippen molar-refractivity contribution in [2.45, 2.75) is 25.4 Å². The summed E-state index contributed by atoms with van der Waals surface area (Å²) in [5.74, 6) is 1.81. The molecule has 1 saturated heterocycles. The zero-order chi connectivity index (χ0) is 18.0. The lowest BCUT2D eigenvalue weighted by Crippen LogP contribution is -2.51. The fourth-order valence-electron chi connectivity index (χ4n) is 4.05. The molecular weight excluding hydrogens is 344 g/mol. The SMILES string of the molecule is CC1(c2cn(N3CN=C4c5ccccc5-n5cncc5N43)nn2)CCCO1. The summed E-state index contributed by atoms with van der Waals surface area (Å²) in [6, 6.07) is 8.20. The molecular formula is C18H18N8O. The zero-order valence-electron chi connectivity index (χ0n) is 14.9. The summed E-state index contributed by atoms with van der Waals surface area (Å²) in [6.45, 7) is 3.30. The van der Waals surface area contributed by atoms with Crippen molar-refractivity contribution < 1.29 is 4.74 Å². The van der Waals surface area contributed by atoms with Crippen LogP contribution >= 0.6 is 0 Å². The number of rotatable bonds is 2. The van der Waals surface area contributed by atoms with Gasteiger partial charge in [0.2, 0.25) is 0 Å². The number of hydrogen-bond acceptors (Lipinski definition) is 7. The van der Waals surface area contributed by atoms with E-state index in [4.69, 9.17) is 9.73 Å². The molecule has 1 fully saturated rings. The Morgan fingerprint density at radius 2 is 2.15 bits per heavy atom.